The number of rotatable bonds is 5. The number of methoxy groups -OCH3 is 1. The fourth-order valence-corrected chi connectivity index (χ4v) is 3.45. The highest BCUT2D eigenvalue weighted by atomic mass is 16.5. The predicted octanol–water partition coefficient (Wildman–Crippen LogP) is 2.42. The minimum Gasteiger partial charge on any atom is -0.497 e. The van der Waals surface area contributed by atoms with E-state index in [0.717, 1.165) is 41.2 Å². The highest BCUT2D eigenvalue weighted by Crippen LogP contribution is 2.40. The number of benzene rings is 2. The number of carbonyl (C=O) groups is 1. The summed E-state index contributed by atoms with van der Waals surface area (Å²) in [4.78, 5) is 12.3. The van der Waals surface area contributed by atoms with E-state index in [9.17, 15) is 4.79 Å². The van der Waals surface area contributed by atoms with E-state index >= 15 is 0 Å². The maximum atomic E-state index is 12.3. The van der Waals surface area contributed by atoms with Crippen LogP contribution in [0.1, 0.15) is 22.3 Å². The van der Waals surface area contributed by atoms with E-state index in [1.54, 1.807) is 7.11 Å². The van der Waals surface area contributed by atoms with Crippen LogP contribution >= 0.6 is 0 Å². The summed E-state index contributed by atoms with van der Waals surface area (Å²) in [6, 6.07) is 9.64. The number of carbonyl (C=O) groups excluding carboxylic acids is 1. The van der Waals surface area contributed by atoms with Crippen LogP contribution in [0.5, 0.6) is 17.2 Å². The van der Waals surface area contributed by atoms with Gasteiger partial charge in [0, 0.05) is 36.1 Å². The molecule has 0 aromatic heterocycles. The van der Waals surface area contributed by atoms with Gasteiger partial charge in [-0.05, 0) is 23.8 Å². The molecule has 0 spiro atoms. The number of hydrogen-bond donors (Lipinski definition) is 1. The zero-order chi connectivity index (χ0) is 17.2. The second kappa shape index (κ2) is 6.67. The van der Waals surface area contributed by atoms with E-state index in [-0.39, 0.29) is 5.91 Å². The van der Waals surface area contributed by atoms with Gasteiger partial charge in [-0.15, -0.1) is 0 Å². The zero-order valence-electron chi connectivity index (χ0n) is 14.3. The molecule has 4 rings (SSSR count). The Balaban J connectivity index is 1.45. The summed E-state index contributed by atoms with van der Waals surface area (Å²) in [6.07, 6.45) is 2.12. The molecule has 2 aromatic rings. The average Bonchev–Trinajstić information content (AvgIpc) is 3.28. The Morgan fingerprint density at radius 3 is 2.76 bits per heavy atom. The molecule has 2 heterocycles. The first kappa shape index (κ1) is 15.8. The zero-order valence-corrected chi connectivity index (χ0v) is 14.3. The van der Waals surface area contributed by atoms with E-state index in [1.807, 2.05) is 24.3 Å². The van der Waals surface area contributed by atoms with Crippen molar-refractivity contribution >= 4 is 5.91 Å². The minimum absolute atomic E-state index is 0.00608. The number of ether oxygens (including phenoxy) is 3. The maximum Gasteiger partial charge on any atom is 0.224 e. The molecule has 0 saturated heterocycles. The Bertz CT molecular complexity index is 766. The molecule has 2 aromatic carbocycles. The largest absolute Gasteiger partial charge is 0.497 e. The molecule has 0 aliphatic carbocycles. The van der Waals surface area contributed by atoms with Gasteiger partial charge >= 0.3 is 0 Å². The Kier molecular flexibility index (Phi) is 4.22. The number of fused-ring (bicyclic) bond motifs is 2. The van der Waals surface area contributed by atoms with Crippen molar-refractivity contribution in [2.45, 2.75) is 25.8 Å². The Morgan fingerprint density at radius 1 is 1.16 bits per heavy atom. The summed E-state index contributed by atoms with van der Waals surface area (Å²) in [7, 11) is 1.63. The second-order valence-corrected chi connectivity index (χ2v) is 6.32. The van der Waals surface area contributed by atoms with Crippen molar-refractivity contribution in [1.82, 2.24) is 5.32 Å². The smallest absolute Gasteiger partial charge is 0.224 e. The predicted molar refractivity (Wildman–Crippen MR) is 93.4 cm³/mol. The first-order valence-electron chi connectivity index (χ1n) is 8.57. The molecule has 0 unspecified atom stereocenters. The van der Waals surface area contributed by atoms with Crippen molar-refractivity contribution in [2.24, 2.45) is 0 Å². The normalized spacial score (nSPS) is 14.3. The van der Waals surface area contributed by atoms with E-state index in [4.69, 9.17) is 14.2 Å². The van der Waals surface area contributed by atoms with Crippen LogP contribution in [0.15, 0.2) is 30.3 Å². The standard InChI is InChI=1S/C20H21NO4/c1-23-15-4-2-13(3-5-15)10-19(22)21-12-17-16-7-9-24-18(16)11-14-6-8-25-20(14)17/h2-5,11H,6-10,12H2,1H3,(H,21,22). The number of nitrogens with one attached hydrogen (secondary N) is 1. The van der Waals surface area contributed by atoms with Crippen molar-refractivity contribution < 1.29 is 19.0 Å². The van der Waals surface area contributed by atoms with Crippen LogP contribution in [-0.4, -0.2) is 26.2 Å². The van der Waals surface area contributed by atoms with Crippen LogP contribution in [0.2, 0.25) is 0 Å². The Hall–Kier alpha value is -2.69. The van der Waals surface area contributed by atoms with E-state index in [1.165, 1.54) is 11.1 Å². The maximum absolute atomic E-state index is 12.3. The quantitative estimate of drug-likeness (QED) is 0.909. The third-order valence-electron chi connectivity index (χ3n) is 4.75. The fraction of sp³-hybridized carbons (Fsp3) is 0.350. The van der Waals surface area contributed by atoms with Crippen LogP contribution in [0, 0.1) is 0 Å². The summed E-state index contributed by atoms with van der Waals surface area (Å²) in [6.45, 7) is 1.87. The lowest BCUT2D eigenvalue weighted by Gasteiger charge is -2.14. The molecule has 5 nitrogen and oxygen atoms in total. The van der Waals surface area contributed by atoms with Gasteiger partial charge in [-0.2, -0.15) is 0 Å². The molecule has 2 aliphatic heterocycles. The van der Waals surface area contributed by atoms with Crippen molar-refractivity contribution in [2.75, 3.05) is 20.3 Å². The first-order chi connectivity index (χ1) is 12.2. The molecule has 5 heteroatoms. The topological polar surface area (TPSA) is 56.8 Å². The summed E-state index contributed by atoms with van der Waals surface area (Å²) in [5, 5.41) is 3.03. The van der Waals surface area contributed by atoms with Crippen LogP contribution in [0.25, 0.3) is 0 Å². The van der Waals surface area contributed by atoms with Gasteiger partial charge in [0.1, 0.15) is 17.2 Å². The minimum atomic E-state index is -0.00608. The highest BCUT2D eigenvalue weighted by molar-refractivity contribution is 5.78. The third-order valence-corrected chi connectivity index (χ3v) is 4.75. The highest BCUT2D eigenvalue weighted by Gasteiger charge is 2.26. The van der Waals surface area contributed by atoms with Gasteiger partial charge in [0.05, 0.1) is 26.7 Å². The number of hydrogen-bond acceptors (Lipinski definition) is 4. The number of amides is 1. The summed E-state index contributed by atoms with van der Waals surface area (Å²) < 4.78 is 16.7. The Labute approximate surface area is 146 Å². The van der Waals surface area contributed by atoms with E-state index < -0.39 is 0 Å². The van der Waals surface area contributed by atoms with Crippen molar-refractivity contribution in [1.29, 1.82) is 0 Å². The molecular weight excluding hydrogens is 318 g/mol. The van der Waals surface area contributed by atoms with Crippen molar-refractivity contribution in [3.8, 4) is 17.2 Å². The average molecular weight is 339 g/mol. The molecule has 25 heavy (non-hydrogen) atoms. The van der Waals surface area contributed by atoms with Gasteiger partial charge < -0.3 is 19.5 Å². The molecule has 0 saturated carbocycles. The van der Waals surface area contributed by atoms with E-state index in [0.29, 0.717) is 26.2 Å². The van der Waals surface area contributed by atoms with Crippen LogP contribution in [0.4, 0.5) is 0 Å². The van der Waals surface area contributed by atoms with Crippen LogP contribution in [0.3, 0.4) is 0 Å². The lowest BCUT2D eigenvalue weighted by atomic mass is 9.99. The first-order valence-corrected chi connectivity index (χ1v) is 8.57. The van der Waals surface area contributed by atoms with Crippen molar-refractivity contribution in [3.63, 3.8) is 0 Å². The molecule has 0 fully saturated rings. The van der Waals surface area contributed by atoms with Crippen LogP contribution in [-0.2, 0) is 30.6 Å². The molecule has 2 aliphatic rings. The van der Waals surface area contributed by atoms with Gasteiger partial charge in [0.15, 0.2) is 0 Å². The molecular formula is C20H21NO4. The van der Waals surface area contributed by atoms with Gasteiger partial charge in [-0.1, -0.05) is 12.1 Å². The second-order valence-electron chi connectivity index (χ2n) is 6.32. The molecule has 0 atom stereocenters. The summed E-state index contributed by atoms with van der Waals surface area (Å²) >= 11 is 0. The van der Waals surface area contributed by atoms with E-state index in [2.05, 4.69) is 11.4 Å². The van der Waals surface area contributed by atoms with Crippen molar-refractivity contribution in [3.05, 3.63) is 52.6 Å². The van der Waals surface area contributed by atoms with Gasteiger partial charge in [0.2, 0.25) is 5.91 Å². The van der Waals surface area contributed by atoms with Crippen LogP contribution < -0.4 is 19.5 Å². The molecule has 1 N–H and O–H groups in total. The fourth-order valence-electron chi connectivity index (χ4n) is 3.45. The lowest BCUT2D eigenvalue weighted by molar-refractivity contribution is -0.120. The SMILES string of the molecule is COc1ccc(CC(=O)NCc2c3c(cc4c2OCC4)OCC3)cc1. The monoisotopic (exact) mass is 339 g/mol. The molecule has 0 bridgehead atoms. The molecule has 1 amide bonds. The molecule has 130 valence electrons. The van der Waals surface area contributed by atoms with Gasteiger partial charge in [0.25, 0.3) is 0 Å². The molecule has 0 radical (unpaired) electrons. The van der Waals surface area contributed by atoms with Gasteiger partial charge in [-0.3, -0.25) is 4.79 Å². The van der Waals surface area contributed by atoms with Gasteiger partial charge in [-0.25, -0.2) is 0 Å². The summed E-state index contributed by atoms with van der Waals surface area (Å²) in [5.41, 5.74) is 4.39. The third kappa shape index (κ3) is 3.14. The lowest BCUT2D eigenvalue weighted by Crippen LogP contribution is -2.25. The Morgan fingerprint density at radius 2 is 1.96 bits per heavy atom. The summed E-state index contributed by atoms with van der Waals surface area (Å²) in [5.74, 6) is 2.67.